The van der Waals surface area contributed by atoms with E-state index < -0.39 is 0 Å². The summed E-state index contributed by atoms with van der Waals surface area (Å²) in [4.78, 5) is 8.19. The quantitative estimate of drug-likeness (QED) is 0.562. The molecule has 1 heterocycles. The summed E-state index contributed by atoms with van der Waals surface area (Å²) in [7, 11) is 0. The first-order valence-corrected chi connectivity index (χ1v) is 3.52. The van der Waals surface area contributed by atoms with Crippen molar-refractivity contribution in [2.75, 3.05) is 0 Å². The van der Waals surface area contributed by atoms with Crippen molar-refractivity contribution in [3.8, 4) is 12.3 Å². The molecule has 0 aromatic carbocycles. The van der Waals surface area contributed by atoms with E-state index in [-0.39, 0.29) is 0 Å². The average molecular weight is 146 g/mol. The van der Waals surface area contributed by atoms with Crippen LogP contribution in [0.3, 0.4) is 0 Å². The molecule has 2 nitrogen and oxygen atoms in total. The lowest BCUT2D eigenvalue weighted by Gasteiger charge is -2.00. The maximum atomic E-state index is 5.15. The molecule has 11 heavy (non-hydrogen) atoms. The lowest BCUT2D eigenvalue weighted by atomic mass is 10.2. The SMILES string of the molecule is C#Cc1cnc(C(C)C)nc1. The molecular formula is C9H10N2. The Bertz CT molecular complexity index is 267. The first-order valence-electron chi connectivity index (χ1n) is 3.52. The van der Waals surface area contributed by atoms with Gasteiger partial charge in [0.15, 0.2) is 0 Å². The fourth-order valence-electron chi connectivity index (χ4n) is 0.711. The second kappa shape index (κ2) is 3.16. The van der Waals surface area contributed by atoms with Gasteiger partial charge in [0, 0.05) is 18.3 Å². The fourth-order valence-corrected chi connectivity index (χ4v) is 0.711. The number of terminal acetylenes is 1. The van der Waals surface area contributed by atoms with Crippen LogP contribution in [0.5, 0.6) is 0 Å². The van der Waals surface area contributed by atoms with Crippen LogP contribution >= 0.6 is 0 Å². The van der Waals surface area contributed by atoms with Gasteiger partial charge in [0.2, 0.25) is 0 Å². The Balaban J connectivity index is 2.94. The van der Waals surface area contributed by atoms with E-state index in [1.807, 2.05) is 13.8 Å². The van der Waals surface area contributed by atoms with Gasteiger partial charge in [-0.2, -0.15) is 0 Å². The topological polar surface area (TPSA) is 25.8 Å². The van der Waals surface area contributed by atoms with E-state index >= 15 is 0 Å². The van der Waals surface area contributed by atoms with Crippen molar-refractivity contribution in [2.24, 2.45) is 0 Å². The van der Waals surface area contributed by atoms with Crippen LogP contribution in [0.25, 0.3) is 0 Å². The van der Waals surface area contributed by atoms with Crippen LogP contribution in [0.15, 0.2) is 12.4 Å². The normalized spacial score (nSPS) is 9.64. The molecule has 56 valence electrons. The Morgan fingerprint density at radius 3 is 2.27 bits per heavy atom. The summed E-state index contributed by atoms with van der Waals surface area (Å²) in [5.74, 6) is 3.67. The van der Waals surface area contributed by atoms with Gasteiger partial charge in [-0.3, -0.25) is 0 Å². The van der Waals surface area contributed by atoms with Gasteiger partial charge in [0.1, 0.15) is 5.82 Å². The molecule has 0 aliphatic rings. The smallest absolute Gasteiger partial charge is 0.130 e. The van der Waals surface area contributed by atoms with E-state index in [9.17, 15) is 0 Å². The Morgan fingerprint density at radius 1 is 1.36 bits per heavy atom. The molecule has 2 heteroatoms. The van der Waals surface area contributed by atoms with E-state index in [0.717, 1.165) is 11.4 Å². The minimum atomic E-state index is 0.363. The number of nitrogens with zero attached hydrogens (tertiary/aromatic N) is 2. The average Bonchev–Trinajstić information content (AvgIpc) is 2.05. The first-order chi connectivity index (χ1) is 5.24. The van der Waals surface area contributed by atoms with Crippen molar-refractivity contribution < 1.29 is 0 Å². The van der Waals surface area contributed by atoms with Crippen LogP contribution in [0.2, 0.25) is 0 Å². The van der Waals surface area contributed by atoms with E-state index in [1.54, 1.807) is 12.4 Å². The summed E-state index contributed by atoms with van der Waals surface area (Å²) < 4.78 is 0. The Hall–Kier alpha value is -1.36. The van der Waals surface area contributed by atoms with E-state index in [4.69, 9.17) is 6.42 Å². The summed E-state index contributed by atoms with van der Waals surface area (Å²) in [5.41, 5.74) is 0.731. The number of rotatable bonds is 1. The second-order valence-corrected chi connectivity index (χ2v) is 2.63. The molecule has 1 aromatic heterocycles. The summed E-state index contributed by atoms with van der Waals surface area (Å²) in [6.45, 7) is 4.09. The van der Waals surface area contributed by atoms with Crippen LogP contribution < -0.4 is 0 Å². The second-order valence-electron chi connectivity index (χ2n) is 2.63. The van der Waals surface area contributed by atoms with Gasteiger partial charge in [-0.1, -0.05) is 19.8 Å². The molecule has 0 unspecified atom stereocenters. The lowest BCUT2D eigenvalue weighted by molar-refractivity contribution is 0.773. The maximum absolute atomic E-state index is 5.15. The first kappa shape index (κ1) is 7.74. The van der Waals surface area contributed by atoms with E-state index in [0.29, 0.717) is 5.92 Å². The van der Waals surface area contributed by atoms with Gasteiger partial charge in [-0.05, 0) is 0 Å². The van der Waals surface area contributed by atoms with Gasteiger partial charge < -0.3 is 0 Å². The van der Waals surface area contributed by atoms with E-state index in [1.165, 1.54) is 0 Å². The molecule has 0 saturated heterocycles. The summed E-state index contributed by atoms with van der Waals surface area (Å²) in [5, 5.41) is 0. The van der Waals surface area contributed by atoms with E-state index in [2.05, 4.69) is 15.9 Å². The number of hydrogen-bond acceptors (Lipinski definition) is 2. The highest BCUT2D eigenvalue weighted by Gasteiger charge is 1.99. The highest BCUT2D eigenvalue weighted by molar-refractivity contribution is 5.26. The highest BCUT2D eigenvalue weighted by Crippen LogP contribution is 2.06. The molecule has 0 radical (unpaired) electrons. The van der Waals surface area contributed by atoms with Crippen molar-refractivity contribution in [2.45, 2.75) is 19.8 Å². The largest absolute Gasteiger partial charge is 0.240 e. The third-order valence-corrected chi connectivity index (χ3v) is 1.35. The molecule has 0 atom stereocenters. The number of aromatic nitrogens is 2. The van der Waals surface area contributed by atoms with Crippen molar-refractivity contribution in [1.29, 1.82) is 0 Å². The zero-order chi connectivity index (χ0) is 8.27. The standard InChI is InChI=1S/C9H10N2/c1-4-8-5-10-9(7(2)3)11-6-8/h1,5-7H,2-3H3. The molecule has 1 rings (SSSR count). The summed E-state index contributed by atoms with van der Waals surface area (Å²) >= 11 is 0. The van der Waals surface area contributed by atoms with Gasteiger partial charge in [0.05, 0.1) is 5.56 Å². The fraction of sp³-hybridized carbons (Fsp3) is 0.333. The minimum absolute atomic E-state index is 0.363. The van der Waals surface area contributed by atoms with Crippen LogP contribution in [0.1, 0.15) is 31.2 Å². The van der Waals surface area contributed by atoms with Crippen LogP contribution in [0.4, 0.5) is 0 Å². The molecular weight excluding hydrogens is 136 g/mol. The monoisotopic (exact) mass is 146 g/mol. The molecule has 0 aliphatic carbocycles. The third-order valence-electron chi connectivity index (χ3n) is 1.35. The van der Waals surface area contributed by atoms with Gasteiger partial charge in [0.25, 0.3) is 0 Å². The molecule has 0 aliphatic heterocycles. The highest BCUT2D eigenvalue weighted by atomic mass is 14.9. The summed E-state index contributed by atoms with van der Waals surface area (Å²) in [6, 6.07) is 0. The molecule has 0 spiro atoms. The van der Waals surface area contributed by atoms with Gasteiger partial charge in [-0.25, -0.2) is 9.97 Å². The van der Waals surface area contributed by atoms with Crippen LogP contribution in [0, 0.1) is 12.3 Å². The zero-order valence-electron chi connectivity index (χ0n) is 6.70. The maximum Gasteiger partial charge on any atom is 0.130 e. The third kappa shape index (κ3) is 1.78. The molecule has 0 fully saturated rings. The van der Waals surface area contributed by atoms with Gasteiger partial charge >= 0.3 is 0 Å². The molecule has 0 N–H and O–H groups in total. The molecule has 0 bridgehead atoms. The van der Waals surface area contributed by atoms with Crippen molar-refractivity contribution in [3.05, 3.63) is 23.8 Å². The predicted molar refractivity (Wildman–Crippen MR) is 44.1 cm³/mol. The van der Waals surface area contributed by atoms with Crippen LogP contribution in [-0.2, 0) is 0 Å². The predicted octanol–water partition coefficient (Wildman–Crippen LogP) is 1.58. The minimum Gasteiger partial charge on any atom is -0.240 e. The van der Waals surface area contributed by atoms with Crippen molar-refractivity contribution in [3.63, 3.8) is 0 Å². The summed E-state index contributed by atoms with van der Waals surface area (Å²) in [6.07, 6.45) is 8.48. The van der Waals surface area contributed by atoms with Crippen LogP contribution in [-0.4, -0.2) is 9.97 Å². The Morgan fingerprint density at radius 2 is 1.91 bits per heavy atom. The lowest BCUT2D eigenvalue weighted by Crippen LogP contribution is -1.96. The number of hydrogen-bond donors (Lipinski definition) is 0. The zero-order valence-corrected chi connectivity index (χ0v) is 6.70. The Labute approximate surface area is 66.7 Å². The molecule has 0 amide bonds. The van der Waals surface area contributed by atoms with Crippen molar-refractivity contribution in [1.82, 2.24) is 9.97 Å². The molecule has 1 aromatic rings. The van der Waals surface area contributed by atoms with Crippen molar-refractivity contribution >= 4 is 0 Å². The Kier molecular flexibility index (Phi) is 2.22. The molecule has 0 saturated carbocycles. The van der Waals surface area contributed by atoms with Gasteiger partial charge in [-0.15, -0.1) is 6.42 Å².